The molecule has 0 fully saturated rings. The molecule has 0 bridgehead atoms. The van der Waals surface area contributed by atoms with E-state index in [9.17, 15) is 9.90 Å². The second kappa shape index (κ2) is 7.77. The van der Waals surface area contributed by atoms with E-state index in [1.165, 1.54) is 6.07 Å². The standard InChI is InChI=1S/C17H22N2O3/c1-18(16-9-6-10-17(21)19(16)2)11-15(20)13-22-12-14-7-4-3-5-8-14/h3-10,15,20H,11-13H2,1-2H3/t15-/m0/s1. The highest BCUT2D eigenvalue weighted by atomic mass is 16.5. The maximum Gasteiger partial charge on any atom is 0.251 e. The summed E-state index contributed by atoms with van der Waals surface area (Å²) in [7, 11) is 3.56. The van der Waals surface area contributed by atoms with Crippen LogP contribution in [-0.4, -0.2) is 36.0 Å². The van der Waals surface area contributed by atoms with E-state index in [1.807, 2.05) is 48.3 Å². The highest BCUT2D eigenvalue weighted by molar-refractivity contribution is 5.38. The first-order chi connectivity index (χ1) is 10.6. The molecule has 0 amide bonds. The van der Waals surface area contributed by atoms with Gasteiger partial charge in [-0.2, -0.15) is 0 Å². The topological polar surface area (TPSA) is 54.7 Å². The Kier molecular flexibility index (Phi) is 5.75. The van der Waals surface area contributed by atoms with Crippen LogP contribution in [0.5, 0.6) is 0 Å². The number of hydrogen-bond donors (Lipinski definition) is 1. The molecule has 5 heteroatoms. The van der Waals surface area contributed by atoms with Gasteiger partial charge in [0.1, 0.15) is 5.82 Å². The van der Waals surface area contributed by atoms with Gasteiger partial charge in [-0.15, -0.1) is 0 Å². The molecule has 0 unspecified atom stereocenters. The van der Waals surface area contributed by atoms with Gasteiger partial charge in [-0.05, 0) is 11.6 Å². The Balaban J connectivity index is 1.82. The average molecular weight is 302 g/mol. The summed E-state index contributed by atoms with van der Waals surface area (Å²) in [6, 6.07) is 14.9. The number of hydrogen-bond acceptors (Lipinski definition) is 4. The lowest BCUT2D eigenvalue weighted by atomic mass is 10.2. The van der Waals surface area contributed by atoms with E-state index in [1.54, 1.807) is 17.7 Å². The molecule has 0 radical (unpaired) electrons. The Hall–Kier alpha value is -2.11. The normalized spacial score (nSPS) is 12.1. The Labute approximate surface area is 130 Å². The van der Waals surface area contributed by atoms with E-state index in [2.05, 4.69) is 0 Å². The molecule has 1 heterocycles. The van der Waals surface area contributed by atoms with Crippen LogP contribution in [0.2, 0.25) is 0 Å². The van der Waals surface area contributed by atoms with Crippen molar-refractivity contribution in [2.75, 3.05) is 25.1 Å². The smallest absolute Gasteiger partial charge is 0.251 e. The maximum absolute atomic E-state index is 11.6. The van der Waals surface area contributed by atoms with Crippen molar-refractivity contribution in [3.05, 3.63) is 64.4 Å². The quantitative estimate of drug-likeness (QED) is 0.840. The highest BCUT2D eigenvalue weighted by Crippen LogP contribution is 2.09. The SMILES string of the molecule is CN(C[C@H](O)COCc1ccccc1)c1cccc(=O)n1C. The predicted octanol–water partition coefficient (Wildman–Crippen LogP) is 1.40. The molecule has 0 saturated carbocycles. The lowest BCUT2D eigenvalue weighted by molar-refractivity contribution is 0.0323. The molecular formula is C17H22N2O3. The molecule has 0 aliphatic rings. The van der Waals surface area contributed by atoms with Gasteiger partial charge in [-0.25, -0.2) is 0 Å². The van der Waals surface area contributed by atoms with Crippen LogP contribution in [0.25, 0.3) is 0 Å². The molecule has 0 aliphatic heterocycles. The summed E-state index contributed by atoms with van der Waals surface area (Å²) in [5.41, 5.74) is 1.01. The monoisotopic (exact) mass is 302 g/mol. The van der Waals surface area contributed by atoms with Gasteiger partial charge in [0.25, 0.3) is 5.56 Å². The number of rotatable bonds is 7. The van der Waals surface area contributed by atoms with E-state index in [-0.39, 0.29) is 12.2 Å². The highest BCUT2D eigenvalue weighted by Gasteiger charge is 2.11. The zero-order valence-corrected chi connectivity index (χ0v) is 13.0. The number of pyridine rings is 1. The summed E-state index contributed by atoms with van der Waals surface area (Å²) in [5.74, 6) is 0.759. The first-order valence-electron chi connectivity index (χ1n) is 7.25. The van der Waals surface area contributed by atoms with Gasteiger partial charge in [-0.1, -0.05) is 36.4 Å². The van der Waals surface area contributed by atoms with E-state index >= 15 is 0 Å². The van der Waals surface area contributed by atoms with Gasteiger partial charge < -0.3 is 14.7 Å². The number of aliphatic hydroxyl groups excluding tert-OH is 1. The maximum atomic E-state index is 11.6. The van der Waals surface area contributed by atoms with Crippen LogP contribution in [-0.2, 0) is 18.4 Å². The fourth-order valence-electron chi connectivity index (χ4n) is 2.29. The van der Waals surface area contributed by atoms with E-state index in [0.29, 0.717) is 13.2 Å². The second-order valence-electron chi connectivity index (χ2n) is 5.32. The largest absolute Gasteiger partial charge is 0.389 e. The molecule has 118 valence electrons. The Morgan fingerprint density at radius 2 is 1.91 bits per heavy atom. The van der Waals surface area contributed by atoms with Gasteiger partial charge in [-0.3, -0.25) is 9.36 Å². The lowest BCUT2D eigenvalue weighted by Gasteiger charge is -2.24. The van der Waals surface area contributed by atoms with Gasteiger partial charge in [0.2, 0.25) is 0 Å². The third-order valence-corrected chi connectivity index (χ3v) is 3.46. The van der Waals surface area contributed by atoms with Crippen LogP contribution >= 0.6 is 0 Å². The molecule has 1 N–H and O–H groups in total. The van der Waals surface area contributed by atoms with Crippen LogP contribution in [0.1, 0.15) is 5.56 Å². The zero-order chi connectivity index (χ0) is 15.9. The lowest BCUT2D eigenvalue weighted by Crippen LogP contribution is -2.35. The number of nitrogens with zero attached hydrogens (tertiary/aromatic N) is 2. The summed E-state index contributed by atoms with van der Waals surface area (Å²) in [4.78, 5) is 13.5. The molecule has 0 spiro atoms. The fourth-order valence-corrected chi connectivity index (χ4v) is 2.29. The molecule has 0 saturated heterocycles. The number of ether oxygens (including phenoxy) is 1. The van der Waals surface area contributed by atoms with Crippen LogP contribution in [0.15, 0.2) is 53.3 Å². The molecule has 0 aliphatic carbocycles. The van der Waals surface area contributed by atoms with Crippen molar-refractivity contribution in [2.45, 2.75) is 12.7 Å². The van der Waals surface area contributed by atoms with E-state index < -0.39 is 6.10 Å². The number of aromatic nitrogens is 1. The van der Waals surface area contributed by atoms with Crippen molar-refractivity contribution in [3.63, 3.8) is 0 Å². The molecule has 22 heavy (non-hydrogen) atoms. The second-order valence-corrected chi connectivity index (χ2v) is 5.32. The van der Waals surface area contributed by atoms with Crippen molar-refractivity contribution in [2.24, 2.45) is 7.05 Å². The Morgan fingerprint density at radius 1 is 1.18 bits per heavy atom. The minimum absolute atomic E-state index is 0.0702. The first-order valence-corrected chi connectivity index (χ1v) is 7.25. The minimum Gasteiger partial charge on any atom is -0.389 e. The van der Waals surface area contributed by atoms with Crippen molar-refractivity contribution in [3.8, 4) is 0 Å². The van der Waals surface area contributed by atoms with Crippen LogP contribution < -0.4 is 10.5 Å². The van der Waals surface area contributed by atoms with Crippen molar-refractivity contribution >= 4 is 5.82 Å². The molecule has 2 aromatic rings. The fraction of sp³-hybridized carbons (Fsp3) is 0.353. The summed E-state index contributed by atoms with van der Waals surface area (Å²) >= 11 is 0. The number of anilines is 1. The first kappa shape index (κ1) is 16.3. The van der Waals surface area contributed by atoms with E-state index in [4.69, 9.17) is 4.74 Å². The summed E-state index contributed by atoms with van der Waals surface area (Å²) < 4.78 is 7.08. The third kappa shape index (κ3) is 4.44. The molecule has 2 rings (SSSR count). The Bertz CT molecular complexity index is 640. The van der Waals surface area contributed by atoms with Crippen LogP contribution in [0, 0.1) is 0 Å². The van der Waals surface area contributed by atoms with E-state index in [0.717, 1.165) is 11.4 Å². The molecule has 1 aromatic heterocycles. The zero-order valence-electron chi connectivity index (χ0n) is 13.0. The van der Waals surface area contributed by atoms with Gasteiger partial charge >= 0.3 is 0 Å². The van der Waals surface area contributed by atoms with Gasteiger partial charge in [0.05, 0.1) is 19.3 Å². The number of aliphatic hydroxyl groups is 1. The average Bonchev–Trinajstić information content (AvgIpc) is 2.51. The Morgan fingerprint density at radius 3 is 2.64 bits per heavy atom. The number of likely N-dealkylation sites (N-methyl/N-ethyl adjacent to an activating group) is 1. The van der Waals surface area contributed by atoms with Crippen LogP contribution in [0.3, 0.4) is 0 Å². The third-order valence-electron chi connectivity index (χ3n) is 3.46. The predicted molar refractivity (Wildman–Crippen MR) is 87.1 cm³/mol. The minimum atomic E-state index is -0.621. The molecular weight excluding hydrogens is 280 g/mol. The summed E-state index contributed by atoms with van der Waals surface area (Å²) in [6.07, 6.45) is -0.621. The number of benzene rings is 1. The van der Waals surface area contributed by atoms with Crippen LogP contribution in [0.4, 0.5) is 5.82 Å². The summed E-state index contributed by atoms with van der Waals surface area (Å²) in [5, 5.41) is 10.1. The van der Waals surface area contributed by atoms with Crippen molar-refractivity contribution in [1.82, 2.24) is 4.57 Å². The molecule has 1 atom stereocenters. The molecule has 1 aromatic carbocycles. The van der Waals surface area contributed by atoms with Crippen molar-refractivity contribution in [1.29, 1.82) is 0 Å². The van der Waals surface area contributed by atoms with Crippen molar-refractivity contribution < 1.29 is 9.84 Å². The molecule has 5 nitrogen and oxygen atoms in total. The van der Waals surface area contributed by atoms with Gasteiger partial charge in [0.15, 0.2) is 0 Å². The summed E-state index contributed by atoms with van der Waals surface area (Å²) in [6.45, 7) is 1.12. The van der Waals surface area contributed by atoms with Gasteiger partial charge in [0, 0.05) is 26.7 Å².